The summed E-state index contributed by atoms with van der Waals surface area (Å²) in [5, 5.41) is 9.63. The normalized spacial score (nSPS) is 28.7. The van der Waals surface area contributed by atoms with Crippen LogP contribution in [0, 0.1) is 0 Å². The first-order valence-corrected chi connectivity index (χ1v) is 6.78. The lowest BCUT2D eigenvalue weighted by atomic mass is 9.76. The Morgan fingerprint density at radius 1 is 1.32 bits per heavy atom. The molecule has 1 fully saturated rings. The minimum atomic E-state index is -0.0363. The Kier molecular flexibility index (Phi) is 2.23. The quantitative estimate of drug-likeness (QED) is 0.725. The number of nitrogens with zero attached hydrogens (tertiary/aromatic N) is 2. The minimum Gasteiger partial charge on any atom is -0.508 e. The SMILES string of the molecule is Oc1ccc2c(c1)OCCC21CCCC2=CN=C[N+]21. The van der Waals surface area contributed by atoms with Gasteiger partial charge in [-0.1, -0.05) is 4.90 Å². The van der Waals surface area contributed by atoms with Gasteiger partial charge in [-0.2, -0.15) is 0 Å². The summed E-state index contributed by atoms with van der Waals surface area (Å²) < 4.78 is 5.73. The first-order chi connectivity index (χ1) is 9.29. The molecule has 4 rings (SSSR count). The lowest BCUT2D eigenvalue weighted by Crippen LogP contribution is -2.53. The van der Waals surface area contributed by atoms with Crippen LogP contribution in [0.25, 0.3) is 0 Å². The standard InChI is InChI=1S/C15H16N2O2/c18-12-3-4-13-14(8-12)19-7-6-15(13)5-1-2-11-9-16-10-17(11)15/h3-4,8-10,18H,1-2,5-7H2/q+1. The molecular formula is C15H16N2O2+. The summed E-state index contributed by atoms with van der Waals surface area (Å²) in [6.45, 7) is 0.689. The van der Waals surface area contributed by atoms with E-state index in [2.05, 4.69) is 9.89 Å². The van der Waals surface area contributed by atoms with E-state index in [9.17, 15) is 5.11 Å². The molecule has 0 aromatic heterocycles. The number of aliphatic imine (C=N–C) groups is 1. The molecule has 0 saturated carbocycles. The molecule has 1 spiro atoms. The second-order valence-corrected chi connectivity index (χ2v) is 5.42. The first-order valence-electron chi connectivity index (χ1n) is 6.78. The van der Waals surface area contributed by atoms with Gasteiger partial charge in [-0.05, 0) is 18.6 Å². The summed E-state index contributed by atoms with van der Waals surface area (Å²) in [7, 11) is 0. The molecule has 1 atom stereocenters. The molecule has 4 heteroatoms. The van der Waals surface area contributed by atoms with Crippen LogP contribution in [0.5, 0.6) is 11.5 Å². The number of allylic oxidation sites excluding steroid dienone is 1. The third kappa shape index (κ3) is 1.46. The Hall–Kier alpha value is -1.81. The summed E-state index contributed by atoms with van der Waals surface area (Å²) >= 11 is 0. The van der Waals surface area contributed by atoms with Crippen LogP contribution in [-0.2, 0) is 5.54 Å². The largest absolute Gasteiger partial charge is 0.508 e. The number of ether oxygens (including phenoxy) is 1. The Labute approximate surface area is 112 Å². The van der Waals surface area contributed by atoms with Crippen molar-refractivity contribution < 1.29 is 9.84 Å². The predicted octanol–water partition coefficient (Wildman–Crippen LogP) is 2.58. The molecule has 97 valence electrons. The fourth-order valence-electron chi connectivity index (χ4n) is 3.56. The lowest BCUT2D eigenvalue weighted by molar-refractivity contribution is 0.143. The topological polar surface area (TPSA) is 47.7 Å². The van der Waals surface area contributed by atoms with Crippen molar-refractivity contribution in [2.24, 2.45) is 4.99 Å². The van der Waals surface area contributed by atoms with E-state index in [-0.39, 0.29) is 11.3 Å². The highest BCUT2D eigenvalue weighted by Gasteiger charge is 2.55. The number of phenolic OH excluding ortho intramolecular Hbond substituents is 1. The number of benzene rings is 1. The van der Waals surface area contributed by atoms with Crippen LogP contribution < -0.4 is 9.64 Å². The molecule has 19 heavy (non-hydrogen) atoms. The van der Waals surface area contributed by atoms with Gasteiger partial charge in [-0.15, -0.1) is 0 Å². The van der Waals surface area contributed by atoms with E-state index in [1.54, 1.807) is 12.1 Å². The van der Waals surface area contributed by atoms with Crippen molar-refractivity contribution in [3.63, 3.8) is 0 Å². The Bertz CT molecular complexity index is 594. The van der Waals surface area contributed by atoms with Gasteiger partial charge in [0, 0.05) is 25.3 Å². The second-order valence-electron chi connectivity index (χ2n) is 5.42. The molecule has 0 bridgehead atoms. The molecule has 1 unspecified atom stereocenters. The van der Waals surface area contributed by atoms with Crippen LogP contribution in [-0.4, -0.2) is 18.1 Å². The third-order valence-electron chi connectivity index (χ3n) is 4.44. The zero-order valence-corrected chi connectivity index (χ0v) is 10.7. The van der Waals surface area contributed by atoms with Gasteiger partial charge < -0.3 is 9.84 Å². The van der Waals surface area contributed by atoms with Crippen molar-refractivity contribution in [3.8, 4) is 11.5 Å². The third-order valence-corrected chi connectivity index (χ3v) is 4.44. The average Bonchev–Trinajstić information content (AvgIpc) is 2.89. The van der Waals surface area contributed by atoms with E-state index in [0.717, 1.165) is 25.0 Å². The van der Waals surface area contributed by atoms with Gasteiger partial charge in [0.25, 0.3) is 0 Å². The number of hydrogen-bond acceptors (Lipinski definition) is 4. The van der Waals surface area contributed by atoms with Gasteiger partial charge in [0.15, 0.2) is 11.2 Å². The highest BCUT2D eigenvalue weighted by molar-refractivity contribution is 5.69. The second kappa shape index (κ2) is 3.84. The monoisotopic (exact) mass is 256 g/mol. The number of hydrogen-bond donors (Lipinski definition) is 1. The van der Waals surface area contributed by atoms with Gasteiger partial charge in [0.2, 0.25) is 6.34 Å². The van der Waals surface area contributed by atoms with Gasteiger partial charge in [-0.25, -0.2) is 4.99 Å². The van der Waals surface area contributed by atoms with E-state index < -0.39 is 0 Å². The van der Waals surface area contributed by atoms with Gasteiger partial charge in [0.1, 0.15) is 11.5 Å². The van der Waals surface area contributed by atoms with E-state index in [4.69, 9.17) is 4.74 Å². The van der Waals surface area contributed by atoms with Crippen LogP contribution in [0.1, 0.15) is 31.2 Å². The smallest absolute Gasteiger partial charge is 0.245 e. The van der Waals surface area contributed by atoms with Crippen molar-refractivity contribution in [3.05, 3.63) is 35.7 Å². The molecule has 4 nitrogen and oxygen atoms in total. The molecule has 3 heterocycles. The number of fused-ring (bicyclic) bond motifs is 4. The maximum atomic E-state index is 9.63. The highest BCUT2D eigenvalue weighted by Crippen LogP contribution is 2.49. The van der Waals surface area contributed by atoms with Crippen LogP contribution >= 0.6 is 0 Å². The molecule has 1 radical (unpaired) electrons. The molecule has 3 aliphatic rings. The van der Waals surface area contributed by atoms with Gasteiger partial charge >= 0.3 is 0 Å². The summed E-state index contributed by atoms with van der Waals surface area (Å²) in [5.41, 5.74) is 2.44. The fraction of sp³-hybridized carbons (Fsp3) is 0.400. The Balaban J connectivity index is 1.88. The van der Waals surface area contributed by atoms with Crippen molar-refractivity contribution in [1.29, 1.82) is 0 Å². The Morgan fingerprint density at radius 3 is 3.21 bits per heavy atom. The van der Waals surface area contributed by atoms with E-state index in [1.165, 1.54) is 17.7 Å². The molecular weight excluding hydrogens is 240 g/mol. The summed E-state index contributed by atoms with van der Waals surface area (Å²) in [6, 6.07) is 5.47. The lowest BCUT2D eigenvalue weighted by Gasteiger charge is -2.39. The fourth-order valence-corrected chi connectivity index (χ4v) is 3.56. The van der Waals surface area contributed by atoms with Crippen molar-refractivity contribution in [2.75, 3.05) is 6.61 Å². The molecule has 0 amide bonds. The highest BCUT2D eigenvalue weighted by atomic mass is 16.5. The maximum Gasteiger partial charge on any atom is 0.245 e. The average molecular weight is 256 g/mol. The number of piperidine rings is 1. The van der Waals surface area contributed by atoms with E-state index in [0.29, 0.717) is 6.61 Å². The van der Waals surface area contributed by atoms with Crippen molar-refractivity contribution >= 4 is 6.34 Å². The van der Waals surface area contributed by atoms with E-state index >= 15 is 0 Å². The molecule has 0 aliphatic carbocycles. The molecule has 3 aliphatic heterocycles. The molecule has 1 aromatic carbocycles. The molecule has 1 saturated heterocycles. The zero-order chi connectivity index (χ0) is 12.9. The van der Waals surface area contributed by atoms with Gasteiger partial charge in [0.05, 0.1) is 18.4 Å². The maximum absolute atomic E-state index is 9.63. The van der Waals surface area contributed by atoms with Crippen LogP contribution in [0.15, 0.2) is 35.1 Å². The molecule has 1 N–H and O–H groups in total. The van der Waals surface area contributed by atoms with Crippen LogP contribution in [0.4, 0.5) is 0 Å². The van der Waals surface area contributed by atoms with Crippen molar-refractivity contribution in [1.82, 2.24) is 4.90 Å². The number of phenols is 1. The zero-order valence-electron chi connectivity index (χ0n) is 10.7. The first kappa shape index (κ1) is 11.1. The van der Waals surface area contributed by atoms with Gasteiger partial charge in [-0.3, -0.25) is 0 Å². The van der Waals surface area contributed by atoms with E-state index in [1.807, 2.05) is 18.6 Å². The summed E-state index contributed by atoms with van der Waals surface area (Å²) in [4.78, 5) is 6.63. The summed E-state index contributed by atoms with van der Waals surface area (Å²) in [6.07, 6.45) is 8.25. The number of aromatic hydroxyl groups is 1. The Morgan fingerprint density at radius 2 is 2.26 bits per heavy atom. The summed E-state index contributed by atoms with van der Waals surface area (Å²) in [5.74, 6) is 1.07. The van der Waals surface area contributed by atoms with Crippen LogP contribution in [0.2, 0.25) is 0 Å². The minimum absolute atomic E-state index is 0.0363. The van der Waals surface area contributed by atoms with Crippen molar-refractivity contribution in [2.45, 2.75) is 31.2 Å². The predicted molar refractivity (Wildman–Crippen MR) is 72.5 cm³/mol. The number of rotatable bonds is 0. The van der Waals surface area contributed by atoms with Crippen LogP contribution in [0.3, 0.4) is 0 Å². The molecule has 1 aromatic rings.